The van der Waals surface area contributed by atoms with Crippen LogP contribution in [-0.4, -0.2) is 5.38 Å². The quantitative estimate of drug-likeness (QED) is 0.480. The van der Waals surface area contributed by atoms with Gasteiger partial charge in [-0.1, -0.05) is 47.5 Å². The van der Waals surface area contributed by atoms with E-state index in [0.29, 0.717) is 0 Å². The van der Waals surface area contributed by atoms with Gasteiger partial charge in [0, 0.05) is 15.8 Å². The molecule has 0 amide bonds. The van der Waals surface area contributed by atoms with Crippen LogP contribution in [0.2, 0.25) is 5.02 Å². The molecule has 2 aromatic carbocycles. The van der Waals surface area contributed by atoms with Crippen LogP contribution in [0.4, 0.5) is 0 Å². The third-order valence-corrected chi connectivity index (χ3v) is 4.70. The minimum Gasteiger partial charge on any atom is -0.459 e. The van der Waals surface area contributed by atoms with Gasteiger partial charge in [-0.15, -0.1) is 11.6 Å². The number of alkyl halides is 1. The summed E-state index contributed by atoms with van der Waals surface area (Å²) >= 11 is 12.7. The number of rotatable bonds is 2. The Morgan fingerprint density at radius 2 is 1.76 bits per heavy atom. The van der Waals surface area contributed by atoms with Crippen LogP contribution in [0.5, 0.6) is 5.75 Å². The van der Waals surface area contributed by atoms with Gasteiger partial charge in [-0.25, -0.2) is 0 Å². The summed E-state index contributed by atoms with van der Waals surface area (Å²) in [5.41, 5.74) is 2.30. The third-order valence-electron chi connectivity index (χ3n) is 3.83. The van der Waals surface area contributed by atoms with Crippen molar-refractivity contribution in [1.29, 1.82) is 0 Å². The molecule has 3 rings (SSSR count). The van der Waals surface area contributed by atoms with E-state index in [1.165, 1.54) is 5.57 Å². The van der Waals surface area contributed by atoms with Crippen LogP contribution in [0, 0.1) is 0 Å². The molecule has 0 saturated carbocycles. The average Bonchev–Trinajstić information content (AvgIpc) is 2.50. The molecule has 0 radical (unpaired) electrons. The number of hydrogen-bond acceptors (Lipinski definition) is 1. The molecule has 1 aliphatic carbocycles. The van der Waals surface area contributed by atoms with Gasteiger partial charge < -0.3 is 4.74 Å². The standard InChI is InChI=1S/C18H16Cl2O/c1-11-7-8-12(2)18(17(11)20)21-16-10-9-15(19)13-5-3-4-6-14(13)16/h3-7,9-10,17H,8H2,1-2H3. The molecular formula is C18H16Cl2O. The van der Waals surface area contributed by atoms with Crippen molar-refractivity contribution >= 4 is 34.0 Å². The third kappa shape index (κ3) is 2.68. The first-order valence-corrected chi connectivity index (χ1v) is 7.75. The summed E-state index contributed by atoms with van der Waals surface area (Å²) in [6.07, 6.45) is 3.04. The van der Waals surface area contributed by atoms with Crippen molar-refractivity contribution in [3.63, 3.8) is 0 Å². The van der Waals surface area contributed by atoms with Gasteiger partial charge >= 0.3 is 0 Å². The van der Waals surface area contributed by atoms with Crippen molar-refractivity contribution in [3.8, 4) is 5.75 Å². The van der Waals surface area contributed by atoms with Crippen molar-refractivity contribution in [3.05, 3.63) is 64.4 Å². The second-order valence-electron chi connectivity index (χ2n) is 5.35. The van der Waals surface area contributed by atoms with Crippen molar-refractivity contribution in [2.45, 2.75) is 25.6 Å². The van der Waals surface area contributed by atoms with E-state index < -0.39 is 0 Å². The van der Waals surface area contributed by atoms with Crippen LogP contribution in [-0.2, 0) is 0 Å². The Morgan fingerprint density at radius 1 is 1.05 bits per heavy atom. The van der Waals surface area contributed by atoms with E-state index >= 15 is 0 Å². The number of hydrogen-bond donors (Lipinski definition) is 0. The Hall–Kier alpha value is -1.44. The van der Waals surface area contributed by atoms with Crippen LogP contribution in [0.1, 0.15) is 20.3 Å². The van der Waals surface area contributed by atoms with Gasteiger partial charge in [0.15, 0.2) is 0 Å². The second kappa shape index (κ2) is 5.75. The van der Waals surface area contributed by atoms with Crippen molar-refractivity contribution in [1.82, 2.24) is 0 Å². The smallest absolute Gasteiger partial charge is 0.134 e. The molecule has 0 N–H and O–H groups in total. The van der Waals surface area contributed by atoms with Gasteiger partial charge in [-0.3, -0.25) is 0 Å². The minimum absolute atomic E-state index is 0.201. The van der Waals surface area contributed by atoms with Gasteiger partial charge in [0.05, 0.1) is 0 Å². The van der Waals surface area contributed by atoms with E-state index in [4.69, 9.17) is 27.9 Å². The Kier molecular flexibility index (Phi) is 3.97. The lowest BCUT2D eigenvalue weighted by Gasteiger charge is -2.23. The topological polar surface area (TPSA) is 9.23 Å². The molecule has 0 spiro atoms. The molecule has 3 heteroatoms. The van der Waals surface area contributed by atoms with Gasteiger partial charge in [0.1, 0.15) is 16.9 Å². The average molecular weight is 319 g/mol. The fourth-order valence-corrected chi connectivity index (χ4v) is 3.07. The first kappa shape index (κ1) is 14.5. The predicted octanol–water partition coefficient (Wildman–Crippen LogP) is 6.10. The van der Waals surface area contributed by atoms with E-state index in [-0.39, 0.29) is 5.38 Å². The highest BCUT2D eigenvalue weighted by Crippen LogP contribution is 2.36. The van der Waals surface area contributed by atoms with Gasteiger partial charge in [0.25, 0.3) is 0 Å². The summed E-state index contributed by atoms with van der Waals surface area (Å²) in [6.45, 7) is 4.10. The Balaban J connectivity index is 2.05. The zero-order valence-electron chi connectivity index (χ0n) is 12.0. The largest absolute Gasteiger partial charge is 0.459 e. The number of allylic oxidation sites excluding steroid dienone is 3. The van der Waals surface area contributed by atoms with E-state index in [2.05, 4.69) is 13.0 Å². The number of benzene rings is 2. The maximum atomic E-state index is 6.48. The molecule has 0 aliphatic heterocycles. The molecular weight excluding hydrogens is 303 g/mol. The number of ether oxygens (including phenoxy) is 1. The van der Waals surface area contributed by atoms with E-state index in [0.717, 1.165) is 39.3 Å². The molecule has 0 fully saturated rings. The molecule has 0 saturated heterocycles. The fraction of sp³-hybridized carbons (Fsp3) is 0.222. The van der Waals surface area contributed by atoms with E-state index in [1.54, 1.807) is 0 Å². The lowest BCUT2D eigenvalue weighted by molar-refractivity contribution is 0.408. The monoisotopic (exact) mass is 318 g/mol. The highest BCUT2D eigenvalue weighted by molar-refractivity contribution is 6.35. The van der Waals surface area contributed by atoms with Gasteiger partial charge in [0.2, 0.25) is 0 Å². The predicted molar refractivity (Wildman–Crippen MR) is 90.3 cm³/mol. The lowest BCUT2D eigenvalue weighted by atomic mass is 9.99. The van der Waals surface area contributed by atoms with Crippen LogP contribution in [0.15, 0.2) is 59.4 Å². The normalized spacial score (nSPS) is 18.9. The first-order chi connectivity index (χ1) is 10.1. The molecule has 21 heavy (non-hydrogen) atoms. The molecule has 1 nitrogen and oxygen atoms in total. The van der Waals surface area contributed by atoms with Gasteiger partial charge in [-0.2, -0.15) is 0 Å². The zero-order chi connectivity index (χ0) is 15.0. The molecule has 0 bridgehead atoms. The number of halogens is 2. The summed E-state index contributed by atoms with van der Waals surface area (Å²) in [4.78, 5) is 0. The van der Waals surface area contributed by atoms with Crippen LogP contribution in [0.25, 0.3) is 10.8 Å². The molecule has 0 aromatic heterocycles. The maximum absolute atomic E-state index is 6.48. The summed E-state index contributed by atoms with van der Waals surface area (Å²) in [6, 6.07) is 11.7. The summed E-state index contributed by atoms with van der Waals surface area (Å²) < 4.78 is 6.17. The Bertz CT molecular complexity index is 759. The molecule has 1 unspecified atom stereocenters. The van der Waals surface area contributed by atoms with E-state index in [9.17, 15) is 0 Å². The summed E-state index contributed by atoms with van der Waals surface area (Å²) in [5.74, 6) is 1.63. The first-order valence-electron chi connectivity index (χ1n) is 6.93. The summed E-state index contributed by atoms with van der Waals surface area (Å²) in [7, 11) is 0. The van der Waals surface area contributed by atoms with Gasteiger partial charge in [-0.05, 0) is 38.0 Å². The molecule has 108 valence electrons. The Labute approximate surface area is 134 Å². The molecule has 1 aliphatic rings. The highest BCUT2D eigenvalue weighted by Gasteiger charge is 2.22. The van der Waals surface area contributed by atoms with Crippen LogP contribution in [0.3, 0.4) is 0 Å². The maximum Gasteiger partial charge on any atom is 0.134 e. The molecule has 1 atom stereocenters. The lowest BCUT2D eigenvalue weighted by Crippen LogP contribution is -2.16. The highest BCUT2D eigenvalue weighted by atomic mass is 35.5. The fourth-order valence-electron chi connectivity index (χ4n) is 2.52. The van der Waals surface area contributed by atoms with Crippen LogP contribution >= 0.6 is 23.2 Å². The van der Waals surface area contributed by atoms with Crippen LogP contribution < -0.4 is 4.74 Å². The van der Waals surface area contributed by atoms with Crippen molar-refractivity contribution in [2.75, 3.05) is 0 Å². The van der Waals surface area contributed by atoms with Crippen molar-refractivity contribution < 1.29 is 4.74 Å². The number of fused-ring (bicyclic) bond motifs is 1. The van der Waals surface area contributed by atoms with Crippen molar-refractivity contribution in [2.24, 2.45) is 0 Å². The molecule has 0 heterocycles. The summed E-state index contributed by atoms with van der Waals surface area (Å²) in [5, 5.41) is 2.52. The molecule has 2 aromatic rings. The minimum atomic E-state index is -0.201. The second-order valence-corrected chi connectivity index (χ2v) is 6.20. The SMILES string of the molecule is CC1=CCC(C)=C(Oc2ccc(Cl)c3ccccc23)C1Cl. The zero-order valence-corrected chi connectivity index (χ0v) is 13.5. The Morgan fingerprint density at radius 3 is 2.52 bits per heavy atom. The van der Waals surface area contributed by atoms with E-state index in [1.807, 2.05) is 43.3 Å².